The fraction of sp³-hybridized carbons (Fsp3) is 0.375. The number of amides is 1. The molecule has 3 atom stereocenters. The van der Waals surface area contributed by atoms with Gasteiger partial charge in [-0.05, 0) is 54.8 Å². The van der Waals surface area contributed by atoms with Crippen LogP contribution in [0.15, 0.2) is 61.2 Å². The molecule has 2 saturated heterocycles. The van der Waals surface area contributed by atoms with Crippen molar-refractivity contribution in [2.24, 2.45) is 11.8 Å². The van der Waals surface area contributed by atoms with E-state index in [4.69, 9.17) is 0 Å². The van der Waals surface area contributed by atoms with E-state index in [1.165, 1.54) is 11.1 Å². The summed E-state index contributed by atoms with van der Waals surface area (Å²) >= 11 is 0. The first-order chi connectivity index (χ1) is 14.7. The Labute approximate surface area is 177 Å². The molecular formula is C24H27N5O. The van der Waals surface area contributed by atoms with Crippen LogP contribution in [-0.4, -0.2) is 56.7 Å². The van der Waals surface area contributed by atoms with Gasteiger partial charge >= 0.3 is 0 Å². The van der Waals surface area contributed by atoms with E-state index in [2.05, 4.69) is 58.1 Å². The molecule has 2 fully saturated rings. The maximum atomic E-state index is 13.6. The molecule has 0 saturated carbocycles. The Balaban J connectivity index is 1.46. The quantitative estimate of drug-likeness (QED) is 0.673. The third-order valence-electron chi connectivity index (χ3n) is 6.79. The Bertz CT molecular complexity index is 1030. The number of aromatic nitrogens is 3. The average molecular weight is 402 g/mol. The van der Waals surface area contributed by atoms with E-state index in [-0.39, 0.29) is 11.9 Å². The van der Waals surface area contributed by atoms with Gasteiger partial charge in [0.15, 0.2) is 0 Å². The van der Waals surface area contributed by atoms with E-state index >= 15 is 0 Å². The number of nitrogens with zero attached hydrogens (tertiary/aromatic N) is 5. The number of likely N-dealkylation sites (tertiary alicyclic amines) is 2. The van der Waals surface area contributed by atoms with E-state index < -0.39 is 0 Å². The third kappa shape index (κ3) is 3.21. The highest BCUT2D eigenvalue weighted by molar-refractivity contribution is 5.95. The highest BCUT2D eigenvalue weighted by Gasteiger charge is 2.49. The van der Waals surface area contributed by atoms with Crippen LogP contribution >= 0.6 is 0 Å². The van der Waals surface area contributed by atoms with Crippen LogP contribution in [0.1, 0.15) is 34.5 Å². The van der Waals surface area contributed by atoms with Gasteiger partial charge < -0.3 is 9.80 Å². The van der Waals surface area contributed by atoms with Gasteiger partial charge in [-0.25, -0.2) is 0 Å². The second kappa shape index (κ2) is 7.69. The van der Waals surface area contributed by atoms with Crippen LogP contribution < -0.4 is 0 Å². The SMILES string of the molecule is CCN1C[C@H]2CN(C(=O)c3ccc(-n4cnnc4)cc3)[C@H](c3ccccc3C)[C@H]2C1. The smallest absolute Gasteiger partial charge is 0.254 e. The molecule has 5 rings (SSSR count). The number of aryl methyl sites for hydroxylation is 1. The Morgan fingerprint density at radius 2 is 1.73 bits per heavy atom. The van der Waals surface area contributed by atoms with Gasteiger partial charge in [-0.15, -0.1) is 10.2 Å². The van der Waals surface area contributed by atoms with Crippen LogP contribution in [0.2, 0.25) is 0 Å². The number of hydrogen-bond acceptors (Lipinski definition) is 4. The second-order valence-electron chi connectivity index (χ2n) is 8.45. The maximum absolute atomic E-state index is 13.6. The molecule has 6 heteroatoms. The topological polar surface area (TPSA) is 54.3 Å². The lowest BCUT2D eigenvalue weighted by molar-refractivity contribution is 0.0701. The number of fused-ring (bicyclic) bond motifs is 1. The molecule has 1 amide bonds. The minimum Gasteiger partial charge on any atom is -0.331 e. The highest BCUT2D eigenvalue weighted by atomic mass is 16.2. The zero-order valence-corrected chi connectivity index (χ0v) is 17.5. The van der Waals surface area contributed by atoms with E-state index in [0.717, 1.165) is 37.4 Å². The molecule has 0 aliphatic carbocycles. The normalized spacial score (nSPS) is 23.7. The van der Waals surface area contributed by atoms with Gasteiger partial charge in [-0.1, -0.05) is 31.2 Å². The molecule has 0 N–H and O–H groups in total. The summed E-state index contributed by atoms with van der Waals surface area (Å²) in [5.41, 5.74) is 4.23. The summed E-state index contributed by atoms with van der Waals surface area (Å²) in [6.45, 7) is 8.44. The highest BCUT2D eigenvalue weighted by Crippen LogP contribution is 2.46. The molecule has 3 heterocycles. The predicted molar refractivity (Wildman–Crippen MR) is 115 cm³/mol. The maximum Gasteiger partial charge on any atom is 0.254 e. The molecule has 0 radical (unpaired) electrons. The first-order valence-corrected chi connectivity index (χ1v) is 10.7. The summed E-state index contributed by atoms with van der Waals surface area (Å²) < 4.78 is 1.84. The molecule has 3 aromatic rings. The summed E-state index contributed by atoms with van der Waals surface area (Å²) in [6.07, 6.45) is 3.32. The number of carbonyl (C=O) groups is 1. The Morgan fingerprint density at radius 1 is 1.00 bits per heavy atom. The van der Waals surface area contributed by atoms with Crippen LogP contribution in [0.25, 0.3) is 5.69 Å². The van der Waals surface area contributed by atoms with Crippen molar-refractivity contribution in [2.45, 2.75) is 19.9 Å². The molecule has 2 aliphatic heterocycles. The van der Waals surface area contributed by atoms with Crippen molar-refractivity contribution in [1.29, 1.82) is 0 Å². The van der Waals surface area contributed by atoms with Crippen molar-refractivity contribution in [3.8, 4) is 5.69 Å². The number of rotatable bonds is 4. The van der Waals surface area contributed by atoms with Crippen molar-refractivity contribution in [2.75, 3.05) is 26.2 Å². The molecule has 2 aromatic carbocycles. The first-order valence-electron chi connectivity index (χ1n) is 10.7. The van der Waals surface area contributed by atoms with Gasteiger partial charge in [0.25, 0.3) is 5.91 Å². The standard InChI is InChI=1S/C24H27N5O/c1-3-27-12-19-13-29(23(22(19)14-27)21-7-5-4-6-17(21)2)24(30)18-8-10-20(11-9-18)28-15-25-26-16-28/h4-11,15-16,19,22-23H,3,12-14H2,1-2H3/t19-,22-,23+/m0/s1. The van der Waals surface area contributed by atoms with Gasteiger partial charge in [0.05, 0.1) is 6.04 Å². The Morgan fingerprint density at radius 3 is 2.43 bits per heavy atom. The van der Waals surface area contributed by atoms with Gasteiger partial charge in [0, 0.05) is 36.8 Å². The summed E-state index contributed by atoms with van der Waals surface area (Å²) in [5.74, 6) is 1.15. The average Bonchev–Trinajstić information content (AvgIpc) is 3.50. The Kier molecular flexibility index (Phi) is 4.87. The second-order valence-corrected chi connectivity index (χ2v) is 8.45. The fourth-order valence-electron chi connectivity index (χ4n) is 5.20. The number of benzene rings is 2. The minimum atomic E-state index is 0.121. The van der Waals surface area contributed by atoms with E-state index in [9.17, 15) is 4.79 Å². The largest absolute Gasteiger partial charge is 0.331 e. The molecule has 30 heavy (non-hydrogen) atoms. The number of carbonyl (C=O) groups excluding carboxylic acids is 1. The van der Waals surface area contributed by atoms with Crippen LogP contribution in [0.4, 0.5) is 0 Å². The first kappa shape index (κ1) is 19.0. The monoisotopic (exact) mass is 401 g/mol. The van der Waals surface area contributed by atoms with E-state index in [1.54, 1.807) is 12.7 Å². The van der Waals surface area contributed by atoms with Gasteiger partial charge in [0.2, 0.25) is 0 Å². The van der Waals surface area contributed by atoms with Crippen molar-refractivity contribution in [3.05, 3.63) is 77.9 Å². The van der Waals surface area contributed by atoms with Crippen LogP contribution in [0.5, 0.6) is 0 Å². The molecule has 1 aromatic heterocycles. The summed E-state index contributed by atoms with van der Waals surface area (Å²) in [7, 11) is 0. The lowest BCUT2D eigenvalue weighted by Crippen LogP contribution is -2.36. The third-order valence-corrected chi connectivity index (χ3v) is 6.79. The summed E-state index contributed by atoms with van der Waals surface area (Å²) in [6, 6.07) is 16.4. The van der Waals surface area contributed by atoms with Crippen LogP contribution in [0, 0.1) is 18.8 Å². The number of hydrogen-bond donors (Lipinski definition) is 0. The van der Waals surface area contributed by atoms with Crippen LogP contribution in [0.3, 0.4) is 0 Å². The lowest BCUT2D eigenvalue weighted by atomic mass is 9.87. The Hall–Kier alpha value is -2.99. The summed E-state index contributed by atoms with van der Waals surface area (Å²) in [4.78, 5) is 18.3. The predicted octanol–water partition coefficient (Wildman–Crippen LogP) is 3.34. The molecule has 0 spiro atoms. The molecular weight excluding hydrogens is 374 g/mol. The lowest BCUT2D eigenvalue weighted by Gasteiger charge is -2.31. The fourth-order valence-corrected chi connectivity index (χ4v) is 5.20. The molecule has 0 unspecified atom stereocenters. The molecule has 6 nitrogen and oxygen atoms in total. The molecule has 154 valence electrons. The molecule has 2 aliphatic rings. The zero-order chi connectivity index (χ0) is 20.7. The van der Waals surface area contributed by atoms with E-state index in [0.29, 0.717) is 11.8 Å². The van der Waals surface area contributed by atoms with Crippen molar-refractivity contribution in [1.82, 2.24) is 24.6 Å². The van der Waals surface area contributed by atoms with Crippen molar-refractivity contribution < 1.29 is 4.79 Å². The van der Waals surface area contributed by atoms with Gasteiger partial charge in [-0.2, -0.15) is 0 Å². The van der Waals surface area contributed by atoms with Gasteiger partial charge in [-0.3, -0.25) is 9.36 Å². The van der Waals surface area contributed by atoms with Crippen molar-refractivity contribution in [3.63, 3.8) is 0 Å². The van der Waals surface area contributed by atoms with Crippen LogP contribution in [-0.2, 0) is 0 Å². The van der Waals surface area contributed by atoms with Gasteiger partial charge in [0.1, 0.15) is 12.7 Å². The zero-order valence-electron chi connectivity index (χ0n) is 17.5. The van der Waals surface area contributed by atoms with Crippen molar-refractivity contribution >= 4 is 5.91 Å². The minimum absolute atomic E-state index is 0.121. The summed E-state index contributed by atoms with van der Waals surface area (Å²) in [5, 5.41) is 7.70. The van der Waals surface area contributed by atoms with E-state index in [1.807, 2.05) is 28.8 Å². The molecule has 0 bridgehead atoms.